The Bertz CT molecular complexity index is 439. The van der Waals surface area contributed by atoms with Crippen LogP contribution in [0, 0.1) is 5.92 Å². The van der Waals surface area contributed by atoms with E-state index in [0.29, 0.717) is 0 Å². The number of likely N-dealkylation sites (tertiary alicyclic amines) is 1. The number of hydrogen-bond acceptors (Lipinski definition) is 2. The summed E-state index contributed by atoms with van der Waals surface area (Å²) < 4.78 is 42.6. The molecule has 0 unspecified atom stereocenters. The third-order valence-electron chi connectivity index (χ3n) is 3.42. The molecular formula is C14H16F3NO2. The molecule has 0 saturated carbocycles. The van der Waals surface area contributed by atoms with Crippen LogP contribution in [0.4, 0.5) is 18.0 Å². The highest BCUT2D eigenvalue weighted by Gasteiger charge is 2.41. The maximum Gasteiger partial charge on any atom is 0.410 e. The maximum absolute atomic E-state index is 12.5. The van der Waals surface area contributed by atoms with Crippen molar-refractivity contribution in [3.63, 3.8) is 0 Å². The number of carbonyl (C=O) groups is 1. The Hall–Kier alpha value is -1.72. The number of alkyl halides is 3. The minimum atomic E-state index is -4.17. The van der Waals surface area contributed by atoms with E-state index in [9.17, 15) is 18.0 Å². The summed E-state index contributed by atoms with van der Waals surface area (Å²) in [5.41, 5.74) is 0.853. The van der Waals surface area contributed by atoms with Crippen LogP contribution < -0.4 is 0 Å². The normalized spacial score (nSPS) is 17.1. The van der Waals surface area contributed by atoms with Crippen molar-refractivity contribution in [1.29, 1.82) is 0 Å². The first-order chi connectivity index (χ1) is 9.47. The molecule has 0 radical (unpaired) electrons. The molecule has 6 heteroatoms. The lowest BCUT2D eigenvalue weighted by Gasteiger charge is -2.32. The van der Waals surface area contributed by atoms with Crippen LogP contribution in [0.5, 0.6) is 0 Å². The van der Waals surface area contributed by atoms with Crippen LogP contribution in [0.2, 0.25) is 0 Å². The summed E-state index contributed by atoms with van der Waals surface area (Å²) in [4.78, 5) is 13.1. The molecule has 0 spiro atoms. The van der Waals surface area contributed by atoms with Gasteiger partial charge in [0.25, 0.3) is 0 Å². The smallest absolute Gasteiger partial charge is 0.410 e. The van der Waals surface area contributed by atoms with E-state index < -0.39 is 18.2 Å². The van der Waals surface area contributed by atoms with Gasteiger partial charge in [-0.1, -0.05) is 30.3 Å². The zero-order valence-corrected chi connectivity index (χ0v) is 10.9. The van der Waals surface area contributed by atoms with Crippen molar-refractivity contribution < 1.29 is 22.7 Å². The van der Waals surface area contributed by atoms with Crippen LogP contribution in [0.3, 0.4) is 0 Å². The van der Waals surface area contributed by atoms with E-state index in [4.69, 9.17) is 4.74 Å². The van der Waals surface area contributed by atoms with E-state index in [1.165, 1.54) is 4.90 Å². The van der Waals surface area contributed by atoms with Crippen LogP contribution >= 0.6 is 0 Å². The number of ether oxygens (including phenoxy) is 1. The quantitative estimate of drug-likeness (QED) is 0.831. The van der Waals surface area contributed by atoms with Crippen LogP contribution in [0.25, 0.3) is 0 Å². The minimum absolute atomic E-state index is 0.0516. The van der Waals surface area contributed by atoms with Crippen LogP contribution in [0.15, 0.2) is 30.3 Å². The first kappa shape index (κ1) is 14.7. The molecule has 1 saturated heterocycles. The second kappa shape index (κ2) is 6.15. The summed E-state index contributed by atoms with van der Waals surface area (Å²) in [5.74, 6) is -1.30. The summed E-state index contributed by atoms with van der Waals surface area (Å²) in [6.07, 6.45) is -4.82. The molecule has 1 fully saturated rings. The number of rotatable bonds is 2. The highest BCUT2D eigenvalue weighted by molar-refractivity contribution is 5.67. The lowest BCUT2D eigenvalue weighted by atomic mass is 9.97. The van der Waals surface area contributed by atoms with Crippen molar-refractivity contribution in [2.75, 3.05) is 13.1 Å². The second-order valence-corrected chi connectivity index (χ2v) is 4.84. The highest BCUT2D eigenvalue weighted by Crippen LogP contribution is 2.34. The number of benzene rings is 1. The first-order valence-electron chi connectivity index (χ1n) is 6.49. The molecule has 1 heterocycles. The molecule has 0 aliphatic carbocycles. The van der Waals surface area contributed by atoms with Gasteiger partial charge in [-0.3, -0.25) is 0 Å². The summed E-state index contributed by atoms with van der Waals surface area (Å²) in [7, 11) is 0. The van der Waals surface area contributed by atoms with Crippen LogP contribution in [-0.4, -0.2) is 30.3 Å². The van der Waals surface area contributed by atoms with Crippen molar-refractivity contribution in [3.05, 3.63) is 35.9 Å². The Kier molecular flexibility index (Phi) is 4.52. The van der Waals surface area contributed by atoms with Gasteiger partial charge >= 0.3 is 12.3 Å². The van der Waals surface area contributed by atoms with Crippen LogP contribution in [0.1, 0.15) is 18.4 Å². The standard InChI is InChI=1S/C14H16F3NO2/c15-14(16,17)12-6-8-18(9-7-12)13(19)20-10-11-4-2-1-3-5-11/h1-5,12H,6-10H2. The lowest BCUT2D eigenvalue weighted by molar-refractivity contribution is -0.184. The van der Waals surface area contributed by atoms with Gasteiger partial charge in [-0.05, 0) is 18.4 Å². The fraction of sp³-hybridized carbons (Fsp3) is 0.500. The van der Waals surface area contributed by atoms with E-state index in [1.807, 2.05) is 30.3 Å². The van der Waals surface area contributed by atoms with Crippen molar-refractivity contribution in [3.8, 4) is 0 Å². The number of carbonyl (C=O) groups excluding carboxylic acids is 1. The maximum atomic E-state index is 12.5. The summed E-state index contributed by atoms with van der Waals surface area (Å²) in [6, 6.07) is 9.16. The van der Waals surface area contributed by atoms with E-state index in [1.54, 1.807) is 0 Å². The molecule has 1 aliphatic heterocycles. The Labute approximate surface area is 115 Å². The number of hydrogen-bond donors (Lipinski definition) is 0. The molecule has 20 heavy (non-hydrogen) atoms. The van der Waals surface area contributed by atoms with E-state index in [2.05, 4.69) is 0 Å². The van der Waals surface area contributed by atoms with Crippen LogP contribution in [-0.2, 0) is 11.3 Å². The third kappa shape index (κ3) is 3.88. The van der Waals surface area contributed by atoms with Gasteiger partial charge in [-0.25, -0.2) is 4.79 Å². The molecule has 0 aromatic heterocycles. The topological polar surface area (TPSA) is 29.5 Å². The largest absolute Gasteiger partial charge is 0.445 e. The third-order valence-corrected chi connectivity index (χ3v) is 3.42. The highest BCUT2D eigenvalue weighted by atomic mass is 19.4. The molecule has 1 aromatic rings. The summed E-state index contributed by atoms with van der Waals surface area (Å²) in [5, 5.41) is 0. The van der Waals surface area contributed by atoms with Gasteiger partial charge < -0.3 is 9.64 Å². The monoisotopic (exact) mass is 287 g/mol. The van der Waals surface area contributed by atoms with Gasteiger partial charge in [-0.2, -0.15) is 13.2 Å². The Morgan fingerprint density at radius 1 is 1.20 bits per heavy atom. The van der Waals surface area contributed by atoms with Crippen molar-refractivity contribution in [2.45, 2.75) is 25.6 Å². The average molecular weight is 287 g/mol. The molecule has 0 bridgehead atoms. The SMILES string of the molecule is O=C(OCc1ccccc1)N1CCC(C(F)(F)F)CC1. The van der Waals surface area contributed by atoms with Crippen molar-refractivity contribution in [1.82, 2.24) is 4.90 Å². The molecule has 0 atom stereocenters. The molecule has 0 N–H and O–H groups in total. The molecule has 1 aliphatic rings. The fourth-order valence-electron chi connectivity index (χ4n) is 2.20. The number of amides is 1. The van der Waals surface area contributed by atoms with Gasteiger partial charge in [-0.15, -0.1) is 0 Å². The zero-order valence-electron chi connectivity index (χ0n) is 10.9. The van der Waals surface area contributed by atoms with E-state index in [-0.39, 0.29) is 32.5 Å². The lowest BCUT2D eigenvalue weighted by Crippen LogP contribution is -2.42. The van der Waals surface area contributed by atoms with E-state index >= 15 is 0 Å². The molecule has 110 valence electrons. The molecule has 1 aromatic carbocycles. The number of piperidine rings is 1. The Balaban J connectivity index is 1.78. The van der Waals surface area contributed by atoms with Gasteiger partial charge in [0.05, 0.1) is 5.92 Å². The second-order valence-electron chi connectivity index (χ2n) is 4.84. The van der Waals surface area contributed by atoms with Gasteiger partial charge in [0, 0.05) is 13.1 Å². The predicted molar refractivity (Wildman–Crippen MR) is 67.0 cm³/mol. The summed E-state index contributed by atoms with van der Waals surface area (Å²) in [6.45, 7) is 0.328. The predicted octanol–water partition coefficient (Wildman–Crippen LogP) is 3.60. The molecule has 1 amide bonds. The van der Waals surface area contributed by atoms with Gasteiger partial charge in [0.2, 0.25) is 0 Å². The molecule has 3 nitrogen and oxygen atoms in total. The van der Waals surface area contributed by atoms with Gasteiger partial charge in [0.15, 0.2) is 0 Å². The minimum Gasteiger partial charge on any atom is -0.445 e. The molecule has 2 rings (SSSR count). The molecular weight excluding hydrogens is 271 g/mol. The van der Waals surface area contributed by atoms with Crippen molar-refractivity contribution in [2.24, 2.45) is 5.92 Å². The Morgan fingerprint density at radius 3 is 2.35 bits per heavy atom. The Morgan fingerprint density at radius 2 is 1.80 bits per heavy atom. The number of nitrogens with zero attached hydrogens (tertiary/aromatic N) is 1. The zero-order chi connectivity index (χ0) is 14.6. The fourth-order valence-corrected chi connectivity index (χ4v) is 2.20. The first-order valence-corrected chi connectivity index (χ1v) is 6.49. The summed E-state index contributed by atoms with van der Waals surface area (Å²) >= 11 is 0. The number of halogens is 3. The van der Waals surface area contributed by atoms with Gasteiger partial charge in [0.1, 0.15) is 6.61 Å². The average Bonchev–Trinajstić information content (AvgIpc) is 2.45. The van der Waals surface area contributed by atoms with Crippen molar-refractivity contribution >= 4 is 6.09 Å². The van der Waals surface area contributed by atoms with E-state index in [0.717, 1.165) is 5.56 Å².